The summed E-state index contributed by atoms with van der Waals surface area (Å²) in [6, 6.07) is 6.29. The quantitative estimate of drug-likeness (QED) is 0.859. The number of anilines is 1. The molecule has 0 bridgehead atoms. The number of benzene rings is 1. The van der Waals surface area contributed by atoms with E-state index in [1.54, 1.807) is 30.5 Å². The predicted molar refractivity (Wildman–Crippen MR) is 79.9 cm³/mol. The average Bonchev–Trinajstić information content (AvgIpc) is 2.76. The number of aromatic hydroxyl groups is 1. The molecule has 0 spiro atoms. The minimum absolute atomic E-state index is 0.00458. The number of ether oxygens (including phenoxy) is 2. The minimum Gasteiger partial charge on any atom is -0.508 e. The second kappa shape index (κ2) is 6.62. The van der Waals surface area contributed by atoms with Crippen molar-refractivity contribution in [2.75, 3.05) is 19.1 Å². The van der Waals surface area contributed by atoms with Gasteiger partial charge in [-0.15, -0.1) is 0 Å². The Bertz CT molecular complexity index is 688. The third-order valence-corrected chi connectivity index (χ3v) is 3.00. The second-order valence-electron chi connectivity index (χ2n) is 4.34. The van der Waals surface area contributed by atoms with Gasteiger partial charge < -0.3 is 19.5 Å². The van der Waals surface area contributed by atoms with Gasteiger partial charge in [0.2, 0.25) is 0 Å². The molecular formula is C16H15NO5. The van der Waals surface area contributed by atoms with Gasteiger partial charge in [-0.05, 0) is 24.3 Å². The summed E-state index contributed by atoms with van der Waals surface area (Å²) in [5.74, 6) is -1.32. The van der Waals surface area contributed by atoms with Crippen LogP contribution in [-0.4, -0.2) is 31.3 Å². The molecule has 1 aromatic carbocycles. The lowest BCUT2D eigenvalue weighted by Crippen LogP contribution is -2.26. The molecule has 0 aliphatic carbocycles. The molecule has 0 atom stereocenters. The first-order valence-electron chi connectivity index (χ1n) is 6.42. The fraction of sp³-hybridized carbons (Fsp3) is 0.125. The maximum absolute atomic E-state index is 12.2. The van der Waals surface area contributed by atoms with Crippen molar-refractivity contribution in [3.8, 4) is 5.75 Å². The summed E-state index contributed by atoms with van der Waals surface area (Å²) in [5, 5.41) is 9.63. The maximum atomic E-state index is 12.2. The zero-order valence-corrected chi connectivity index (χ0v) is 12.1. The largest absolute Gasteiger partial charge is 0.508 e. The molecule has 0 amide bonds. The molecule has 1 N–H and O–H groups in total. The Morgan fingerprint density at radius 1 is 1.09 bits per heavy atom. The zero-order chi connectivity index (χ0) is 16.1. The number of phenolic OH excluding ortho intramolecular Hbond substituents is 1. The molecule has 0 radical (unpaired) electrons. The van der Waals surface area contributed by atoms with E-state index in [0.717, 1.165) is 0 Å². The molecule has 1 aliphatic heterocycles. The molecule has 0 unspecified atom stereocenters. The van der Waals surface area contributed by atoms with E-state index in [0.29, 0.717) is 5.69 Å². The Balaban J connectivity index is 2.64. The van der Waals surface area contributed by atoms with Gasteiger partial charge in [-0.25, -0.2) is 9.59 Å². The van der Waals surface area contributed by atoms with E-state index in [1.165, 1.54) is 37.3 Å². The third-order valence-electron chi connectivity index (χ3n) is 3.00. The van der Waals surface area contributed by atoms with Crippen LogP contribution in [0.1, 0.15) is 0 Å². The predicted octanol–water partition coefficient (Wildman–Crippen LogP) is 1.88. The molecule has 1 aromatic rings. The first kappa shape index (κ1) is 15.4. The van der Waals surface area contributed by atoms with Crippen LogP contribution in [0.15, 0.2) is 60.0 Å². The average molecular weight is 301 g/mol. The van der Waals surface area contributed by atoms with E-state index < -0.39 is 11.9 Å². The molecular weight excluding hydrogens is 286 g/mol. The number of allylic oxidation sites excluding steroid dienone is 2. The van der Waals surface area contributed by atoms with E-state index in [-0.39, 0.29) is 17.0 Å². The number of hydrogen-bond acceptors (Lipinski definition) is 6. The number of carbonyl (C=O) groups excluding carboxylic acids is 2. The smallest absolute Gasteiger partial charge is 0.355 e. The van der Waals surface area contributed by atoms with Crippen molar-refractivity contribution in [2.45, 2.75) is 0 Å². The number of esters is 2. The summed E-state index contributed by atoms with van der Waals surface area (Å²) in [4.78, 5) is 25.6. The topological polar surface area (TPSA) is 76.1 Å². The van der Waals surface area contributed by atoms with Crippen LogP contribution in [-0.2, 0) is 19.1 Å². The highest BCUT2D eigenvalue weighted by Crippen LogP contribution is 2.28. The van der Waals surface area contributed by atoms with Gasteiger partial charge in [0.05, 0.1) is 19.8 Å². The van der Waals surface area contributed by atoms with Crippen LogP contribution in [0.25, 0.3) is 0 Å². The van der Waals surface area contributed by atoms with Crippen LogP contribution in [0, 0.1) is 0 Å². The van der Waals surface area contributed by atoms with Crippen LogP contribution in [0.4, 0.5) is 5.69 Å². The summed E-state index contributed by atoms with van der Waals surface area (Å²) < 4.78 is 9.49. The van der Waals surface area contributed by atoms with Crippen molar-refractivity contribution in [1.82, 2.24) is 0 Å². The normalized spacial score (nSPS) is 13.8. The van der Waals surface area contributed by atoms with Gasteiger partial charge in [-0.1, -0.05) is 12.1 Å². The van der Waals surface area contributed by atoms with Crippen molar-refractivity contribution in [3.05, 3.63) is 60.0 Å². The standard InChI is InChI=1S/C16H15NO5/c1-21-15(19)13-8-3-4-9-17(14(13)16(20)22-2)11-6-5-7-12(18)10-11/h3-10,18H,1-2H3. The lowest BCUT2D eigenvalue weighted by atomic mass is 10.1. The van der Waals surface area contributed by atoms with Gasteiger partial charge >= 0.3 is 11.9 Å². The van der Waals surface area contributed by atoms with E-state index in [1.807, 2.05) is 0 Å². The van der Waals surface area contributed by atoms with Crippen LogP contribution in [0.3, 0.4) is 0 Å². The first-order valence-corrected chi connectivity index (χ1v) is 6.42. The number of nitrogens with zero attached hydrogens (tertiary/aromatic N) is 1. The summed E-state index contributed by atoms with van der Waals surface area (Å²) in [6.45, 7) is 0. The number of hydrogen-bond donors (Lipinski definition) is 1. The van der Waals surface area contributed by atoms with Gasteiger partial charge in [0, 0.05) is 18.0 Å². The Morgan fingerprint density at radius 2 is 1.82 bits per heavy atom. The van der Waals surface area contributed by atoms with E-state index in [4.69, 9.17) is 9.47 Å². The highest BCUT2D eigenvalue weighted by molar-refractivity contribution is 6.05. The fourth-order valence-electron chi connectivity index (χ4n) is 2.01. The Hall–Kier alpha value is -3.02. The Kier molecular flexibility index (Phi) is 4.63. The van der Waals surface area contributed by atoms with E-state index in [2.05, 4.69) is 0 Å². The van der Waals surface area contributed by atoms with E-state index >= 15 is 0 Å². The van der Waals surface area contributed by atoms with Gasteiger partial charge in [0.1, 0.15) is 11.4 Å². The molecule has 2 rings (SSSR count). The number of rotatable bonds is 3. The zero-order valence-electron chi connectivity index (χ0n) is 12.1. The summed E-state index contributed by atoms with van der Waals surface area (Å²) in [7, 11) is 2.46. The van der Waals surface area contributed by atoms with Crippen molar-refractivity contribution >= 4 is 17.6 Å². The number of phenols is 1. The van der Waals surface area contributed by atoms with Crippen LogP contribution >= 0.6 is 0 Å². The first-order chi connectivity index (χ1) is 10.6. The molecule has 6 heteroatoms. The molecule has 0 aromatic heterocycles. The van der Waals surface area contributed by atoms with Crippen molar-refractivity contribution in [3.63, 3.8) is 0 Å². The van der Waals surface area contributed by atoms with Crippen LogP contribution in [0.5, 0.6) is 5.75 Å². The lowest BCUT2D eigenvalue weighted by molar-refractivity contribution is -0.139. The van der Waals surface area contributed by atoms with Crippen molar-refractivity contribution in [1.29, 1.82) is 0 Å². The molecule has 114 valence electrons. The molecule has 1 aliphatic rings. The molecule has 0 fully saturated rings. The monoisotopic (exact) mass is 301 g/mol. The second-order valence-corrected chi connectivity index (χ2v) is 4.34. The van der Waals surface area contributed by atoms with Gasteiger partial charge in [0.25, 0.3) is 0 Å². The van der Waals surface area contributed by atoms with Crippen molar-refractivity contribution in [2.24, 2.45) is 0 Å². The molecule has 6 nitrogen and oxygen atoms in total. The highest BCUT2D eigenvalue weighted by atomic mass is 16.5. The maximum Gasteiger partial charge on any atom is 0.355 e. The van der Waals surface area contributed by atoms with Gasteiger partial charge in [-0.2, -0.15) is 0 Å². The highest BCUT2D eigenvalue weighted by Gasteiger charge is 2.27. The fourth-order valence-corrected chi connectivity index (χ4v) is 2.01. The SMILES string of the molecule is COC(=O)C1=C(C(=O)OC)N(c2cccc(O)c2)C=CC=C1. The molecule has 0 saturated heterocycles. The third kappa shape index (κ3) is 3.01. The minimum atomic E-state index is -0.694. The van der Waals surface area contributed by atoms with Crippen LogP contribution in [0.2, 0.25) is 0 Å². The van der Waals surface area contributed by atoms with Crippen molar-refractivity contribution < 1.29 is 24.2 Å². The molecule has 1 heterocycles. The summed E-state index contributed by atoms with van der Waals surface area (Å²) >= 11 is 0. The lowest BCUT2D eigenvalue weighted by Gasteiger charge is -2.23. The summed E-state index contributed by atoms with van der Waals surface area (Å²) in [5.41, 5.74) is 0.564. The van der Waals surface area contributed by atoms with Gasteiger partial charge in [-0.3, -0.25) is 0 Å². The molecule has 22 heavy (non-hydrogen) atoms. The summed E-state index contributed by atoms with van der Waals surface area (Å²) in [6.07, 6.45) is 6.33. The van der Waals surface area contributed by atoms with Crippen LogP contribution < -0.4 is 4.90 Å². The van der Waals surface area contributed by atoms with E-state index in [9.17, 15) is 14.7 Å². The molecule has 0 saturated carbocycles. The Morgan fingerprint density at radius 3 is 2.45 bits per heavy atom. The number of methoxy groups -OCH3 is 2. The number of carbonyl (C=O) groups is 2. The van der Waals surface area contributed by atoms with Gasteiger partial charge in [0.15, 0.2) is 0 Å². The Labute approximate surface area is 127 Å².